The number of benzene rings is 1. The minimum absolute atomic E-state index is 0.0519. The van der Waals surface area contributed by atoms with E-state index in [9.17, 15) is 8.78 Å². The van der Waals surface area contributed by atoms with Crippen molar-refractivity contribution in [2.45, 2.75) is 38.9 Å². The summed E-state index contributed by atoms with van der Waals surface area (Å²) in [5.41, 5.74) is -1.30. The predicted octanol–water partition coefficient (Wildman–Crippen LogP) is 1.97. The molecule has 1 aliphatic heterocycles. The smallest absolute Gasteiger partial charge is 0.497 e. The van der Waals surface area contributed by atoms with E-state index in [1.165, 1.54) is 0 Å². The van der Waals surface area contributed by atoms with Gasteiger partial charge in [-0.3, -0.25) is 0 Å². The highest BCUT2D eigenvalue weighted by Crippen LogP contribution is 2.36. The Morgan fingerprint density at radius 1 is 1.00 bits per heavy atom. The van der Waals surface area contributed by atoms with Crippen molar-refractivity contribution in [1.82, 2.24) is 0 Å². The van der Waals surface area contributed by atoms with Gasteiger partial charge in [-0.15, -0.1) is 0 Å². The summed E-state index contributed by atoms with van der Waals surface area (Å²) in [6.45, 7) is 7.28. The molecular weight excluding hydrogens is 241 g/mol. The van der Waals surface area contributed by atoms with Crippen molar-refractivity contribution >= 4 is 12.6 Å². The monoisotopic (exact) mass is 256 g/mol. The highest BCUT2D eigenvalue weighted by atomic mass is 19.1. The molecule has 0 unspecified atom stereocenters. The summed E-state index contributed by atoms with van der Waals surface area (Å²) >= 11 is 0. The predicted molar refractivity (Wildman–Crippen MR) is 63.7 cm³/mol. The molecule has 2 rings (SSSR count). The van der Waals surface area contributed by atoms with Crippen LogP contribution >= 0.6 is 0 Å². The van der Waals surface area contributed by atoms with Crippen LogP contribution in [0.5, 0.6) is 5.75 Å². The van der Waals surface area contributed by atoms with Crippen LogP contribution in [0.3, 0.4) is 0 Å². The van der Waals surface area contributed by atoms with Crippen LogP contribution in [0.15, 0.2) is 12.1 Å². The zero-order valence-corrected chi connectivity index (χ0v) is 10.8. The van der Waals surface area contributed by atoms with E-state index in [0.29, 0.717) is 0 Å². The number of hydrogen-bond donors (Lipinski definition) is 1. The Labute approximate surface area is 105 Å². The van der Waals surface area contributed by atoms with Gasteiger partial charge in [-0.05, 0) is 33.8 Å². The van der Waals surface area contributed by atoms with Crippen molar-refractivity contribution in [2.75, 3.05) is 0 Å². The number of phenolic OH excluding ortho intramolecular Hbond substituents is 1. The van der Waals surface area contributed by atoms with Gasteiger partial charge in [0.2, 0.25) is 0 Å². The fraction of sp³-hybridized carbons (Fsp3) is 0.500. The maximum atomic E-state index is 13.7. The molecule has 0 spiro atoms. The molecule has 0 saturated carbocycles. The van der Waals surface area contributed by atoms with Crippen LogP contribution in [-0.2, 0) is 9.31 Å². The summed E-state index contributed by atoms with van der Waals surface area (Å²) in [7, 11) is -0.981. The molecule has 1 fully saturated rings. The molecule has 18 heavy (non-hydrogen) atoms. The molecule has 0 atom stereocenters. The lowest BCUT2D eigenvalue weighted by molar-refractivity contribution is 0.00578. The van der Waals surface area contributed by atoms with Gasteiger partial charge >= 0.3 is 7.12 Å². The lowest BCUT2D eigenvalue weighted by atomic mass is 9.78. The molecule has 0 aromatic heterocycles. The Bertz CT molecular complexity index is 472. The van der Waals surface area contributed by atoms with E-state index in [-0.39, 0.29) is 5.46 Å². The van der Waals surface area contributed by atoms with Gasteiger partial charge in [-0.1, -0.05) is 0 Å². The van der Waals surface area contributed by atoms with Crippen LogP contribution in [0.2, 0.25) is 0 Å². The van der Waals surface area contributed by atoms with Gasteiger partial charge in [-0.25, -0.2) is 8.78 Å². The van der Waals surface area contributed by atoms with Crippen molar-refractivity contribution in [3.8, 4) is 5.75 Å². The Kier molecular flexibility index (Phi) is 2.90. The molecule has 1 aliphatic rings. The summed E-state index contributed by atoms with van der Waals surface area (Å²) in [5, 5.41) is 9.08. The van der Waals surface area contributed by atoms with Crippen LogP contribution in [0.4, 0.5) is 8.78 Å². The van der Waals surface area contributed by atoms with Gasteiger partial charge in [0.1, 0.15) is 5.82 Å². The number of aromatic hydroxyl groups is 1. The third-order valence-electron chi connectivity index (χ3n) is 3.57. The molecule has 0 amide bonds. The average molecular weight is 256 g/mol. The third-order valence-corrected chi connectivity index (χ3v) is 3.57. The van der Waals surface area contributed by atoms with E-state index >= 15 is 0 Å². The van der Waals surface area contributed by atoms with Crippen molar-refractivity contribution < 1.29 is 23.2 Å². The average Bonchev–Trinajstić information content (AvgIpc) is 2.42. The second-order valence-corrected chi connectivity index (χ2v) is 5.41. The van der Waals surface area contributed by atoms with Crippen molar-refractivity contribution in [2.24, 2.45) is 0 Å². The van der Waals surface area contributed by atoms with Crippen LogP contribution in [0.25, 0.3) is 0 Å². The van der Waals surface area contributed by atoms with Gasteiger partial charge in [0.05, 0.1) is 11.2 Å². The molecule has 0 aliphatic carbocycles. The number of halogens is 2. The van der Waals surface area contributed by atoms with Crippen molar-refractivity contribution in [3.05, 3.63) is 23.8 Å². The number of rotatable bonds is 1. The molecule has 1 heterocycles. The van der Waals surface area contributed by atoms with Crippen LogP contribution < -0.4 is 5.46 Å². The largest absolute Gasteiger partial charge is 0.505 e. The Morgan fingerprint density at radius 2 is 1.50 bits per heavy atom. The highest BCUT2D eigenvalue weighted by molar-refractivity contribution is 6.62. The minimum Gasteiger partial charge on any atom is -0.505 e. The maximum absolute atomic E-state index is 13.7. The van der Waals surface area contributed by atoms with Gasteiger partial charge < -0.3 is 14.4 Å². The SMILES string of the molecule is CC1(C)OB(c2cc(F)c(O)cc2F)OC1(C)C. The summed E-state index contributed by atoms with van der Waals surface area (Å²) in [6.07, 6.45) is 0. The number of hydrogen-bond acceptors (Lipinski definition) is 3. The van der Waals surface area contributed by atoms with E-state index in [0.717, 1.165) is 12.1 Å². The molecule has 98 valence electrons. The van der Waals surface area contributed by atoms with Gasteiger partial charge in [0, 0.05) is 11.5 Å². The quantitative estimate of drug-likeness (QED) is 0.780. The summed E-state index contributed by atoms with van der Waals surface area (Å²) in [6, 6.07) is 1.61. The van der Waals surface area contributed by atoms with E-state index in [2.05, 4.69) is 0 Å². The molecule has 1 N–H and O–H groups in total. The second-order valence-electron chi connectivity index (χ2n) is 5.41. The van der Waals surface area contributed by atoms with E-state index < -0.39 is 35.7 Å². The van der Waals surface area contributed by atoms with E-state index in [1.54, 1.807) is 0 Å². The summed E-state index contributed by atoms with van der Waals surface area (Å²) < 4.78 is 38.2. The normalized spacial score (nSPS) is 21.3. The first kappa shape index (κ1) is 13.3. The first-order valence-electron chi connectivity index (χ1n) is 5.67. The zero-order valence-electron chi connectivity index (χ0n) is 10.8. The lowest BCUT2D eigenvalue weighted by Crippen LogP contribution is -2.41. The first-order chi connectivity index (χ1) is 8.14. The molecule has 0 bridgehead atoms. The zero-order chi connectivity index (χ0) is 13.7. The van der Waals surface area contributed by atoms with E-state index in [4.69, 9.17) is 14.4 Å². The lowest BCUT2D eigenvalue weighted by Gasteiger charge is -2.32. The van der Waals surface area contributed by atoms with Crippen LogP contribution in [0.1, 0.15) is 27.7 Å². The molecule has 3 nitrogen and oxygen atoms in total. The van der Waals surface area contributed by atoms with Gasteiger partial charge in [0.25, 0.3) is 0 Å². The second kappa shape index (κ2) is 3.93. The molecular formula is C12H15BF2O3. The Balaban J connectivity index is 2.38. The fourth-order valence-corrected chi connectivity index (χ4v) is 1.70. The molecule has 0 radical (unpaired) electrons. The van der Waals surface area contributed by atoms with Crippen molar-refractivity contribution in [1.29, 1.82) is 0 Å². The molecule has 1 aromatic rings. The number of phenols is 1. The topological polar surface area (TPSA) is 38.7 Å². The van der Waals surface area contributed by atoms with Gasteiger partial charge in [-0.2, -0.15) is 0 Å². The van der Waals surface area contributed by atoms with Crippen molar-refractivity contribution in [3.63, 3.8) is 0 Å². The van der Waals surface area contributed by atoms with Gasteiger partial charge in [0.15, 0.2) is 11.6 Å². The summed E-state index contributed by atoms with van der Waals surface area (Å²) in [4.78, 5) is 0. The first-order valence-corrected chi connectivity index (χ1v) is 5.67. The Hall–Kier alpha value is -1.14. The maximum Gasteiger partial charge on any atom is 0.497 e. The standard InChI is InChI=1S/C12H15BF2O3/c1-11(2)12(3,4)18-13(17-11)7-5-9(15)10(16)6-8(7)14/h5-6,16H,1-4H3. The molecule has 1 aromatic carbocycles. The third kappa shape index (κ3) is 1.99. The highest BCUT2D eigenvalue weighted by Gasteiger charge is 2.52. The minimum atomic E-state index is -0.981. The Morgan fingerprint density at radius 3 is 2.00 bits per heavy atom. The molecule has 1 saturated heterocycles. The van der Waals surface area contributed by atoms with Crippen LogP contribution in [0, 0.1) is 11.6 Å². The summed E-state index contributed by atoms with van der Waals surface area (Å²) in [5.74, 6) is -2.39. The molecule has 6 heteroatoms. The fourth-order valence-electron chi connectivity index (χ4n) is 1.70. The van der Waals surface area contributed by atoms with Crippen LogP contribution in [-0.4, -0.2) is 23.4 Å². The van der Waals surface area contributed by atoms with E-state index in [1.807, 2.05) is 27.7 Å².